The van der Waals surface area contributed by atoms with Crippen LogP contribution in [-0.4, -0.2) is 18.0 Å². The Kier molecular flexibility index (Phi) is 6.44. The van der Waals surface area contributed by atoms with E-state index in [2.05, 4.69) is 31.9 Å². The highest BCUT2D eigenvalue weighted by atomic mass is 79.9. The SMILES string of the molecule is CCC(Oc1ccc(C(=N)N)cc1Br)Oc1ccc(C(=N)N)cc1Br. The van der Waals surface area contributed by atoms with Gasteiger partial charge in [0.2, 0.25) is 6.29 Å². The second-order valence-corrected chi connectivity index (χ2v) is 6.90. The van der Waals surface area contributed by atoms with Crippen molar-refractivity contribution >= 4 is 43.5 Å². The zero-order valence-electron chi connectivity index (χ0n) is 13.5. The van der Waals surface area contributed by atoms with Crippen molar-refractivity contribution in [3.63, 3.8) is 0 Å². The van der Waals surface area contributed by atoms with Crippen molar-refractivity contribution in [2.45, 2.75) is 19.6 Å². The number of halogens is 2. The van der Waals surface area contributed by atoms with Crippen LogP contribution in [0.15, 0.2) is 45.3 Å². The molecule has 2 aromatic carbocycles. The monoisotopic (exact) mass is 468 g/mol. The molecular formula is C17H18Br2N4O2. The maximum atomic E-state index is 7.46. The minimum Gasteiger partial charge on any atom is -0.454 e. The number of rotatable bonds is 7. The molecule has 0 saturated heterocycles. The third-order valence-corrected chi connectivity index (χ3v) is 4.58. The highest BCUT2D eigenvalue weighted by Gasteiger charge is 2.15. The van der Waals surface area contributed by atoms with Gasteiger partial charge in [-0.15, -0.1) is 0 Å². The van der Waals surface area contributed by atoms with Gasteiger partial charge in [-0.3, -0.25) is 10.8 Å². The minimum atomic E-state index is -0.515. The Morgan fingerprint density at radius 3 is 1.60 bits per heavy atom. The van der Waals surface area contributed by atoms with E-state index in [9.17, 15) is 0 Å². The number of hydrogen-bond donors (Lipinski definition) is 4. The molecule has 0 fully saturated rings. The predicted molar refractivity (Wildman–Crippen MR) is 106 cm³/mol. The van der Waals surface area contributed by atoms with Gasteiger partial charge in [-0.25, -0.2) is 0 Å². The zero-order valence-corrected chi connectivity index (χ0v) is 16.6. The van der Waals surface area contributed by atoms with Gasteiger partial charge < -0.3 is 20.9 Å². The summed E-state index contributed by atoms with van der Waals surface area (Å²) in [5.74, 6) is 1.16. The van der Waals surface area contributed by atoms with E-state index in [1.165, 1.54) is 0 Å². The molecule has 0 unspecified atom stereocenters. The molecular weight excluding hydrogens is 452 g/mol. The molecule has 2 rings (SSSR count). The summed E-state index contributed by atoms with van der Waals surface area (Å²) in [5, 5.41) is 14.9. The molecule has 6 nitrogen and oxygen atoms in total. The first-order valence-corrected chi connectivity index (χ1v) is 9.01. The van der Waals surface area contributed by atoms with E-state index in [4.69, 9.17) is 31.8 Å². The van der Waals surface area contributed by atoms with E-state index >= 15 is 0 Å². The molecule has 2 aromatic rings. The number of ether oxygens (including phenoxy) is 2. The van der Waals surface area contributed by atoms with Gasteiger partial charge in [0.15, 0.2) is 0 Å². The van der Waals surface area contributed by atoms with Crippen LogP contribution in [0.25, 0.3) is 0 Å². The van der Waals surface area contributed by atoms with Crippen molar-refractivity contribution in [1.82, 2.24) is 0 Å². The van der Waals surface area contributed by atoms with E-state index in [-0.39, 0.29) is 11.7 Å². The first-order chi connectivity index (χ1) is 11.8. The lowest BCUT2D eigenvalue weighted by Crippen LogP contribution is -2.23. The van der Waals surface area contributed by atoms with Gasteiger partial charge >= 0.3 is 0 Å². The molecule has 0 atom stereocenters. The number of amidine groups is 2. The fourth-order valence-electron chi connectivity index (χ4n) is 2.00. The molecule has 0 aliphatic carbocycles. The van der Waals surface area contributed by atoms with Gasteiger partial charge in [-0.1, -0.05) is 6.92 Å². The molecule has 0 amide bonds. The summed E-state index contributed by atoms with van der Waals surface area (Å²) >= 11 is 6.84. The molecule has 0 heterocycles. The van der Waals surface area contributed by atoms with Gasteiger partial charge in [0, 0.05) is 17.5 Å². The van der Waals surface area contributed by atoms with Crippen LogP contribution in [0.2, 0.25) is 0 Å². The predicted octanol–water partition coefficient (Wildman–Crippen LogP) is 3.97. The van der Waals surface area contributed by atoms with Crippen molar-refractivity contribution in [3.8, 4) is 11.5 Å². The zero-order chi connectivity index (χ0) is 18.6. The fourth-order valence-corrected chi connectivity index (χ4v) is 2.95. The van der Waals surface area contributed by atoms with Gasteiger partial charge in [-0.2, -0.15) is 0 Å². The Hall–Kier alpha value is -2.06. The summed E-state index contributed by atoms with van der Waals surface area (Å²) in [6, 6.07) is 10.4. The van der Waals surface area contributed by atoms with Crippen molar-refractivity contribution in [3.05, 3.63) is 56.5 Å². The van der Waals surface area contributed by atoms with E-state index < -0.39 is 6.29 Å². The topological polar surface area (TPSA) is 118 Å². The maximum Gasteiger partial charge on any atom is 0.241 e. The van der Waals surface area contributed by atoms with E-state index in [0.717, 1.165) is 0 Å². The van der Waals surface area contributed by atoms with Gasteiger partial charge in [-0.05, 0) is 68.3 Å². The Balaban J connectivity index is 2.16. The summed E-state index contributed by atoms with van der Waals surface area (Å²) in [4.78, 5) is 0. The van der Waals surface area contributed by atoms with Crippen LogP contribution in [0.4, 0.5) is 0 Å². The van der Waals surface area contributed by atoms with Gasteiger partial charge in [0.05, 0.1) is 8.95 Å². The average Bonchev–Trinajstić information content (AvgIpc) is 2.56. The van der Waals surface area contributed by atoms with Crippen LogP contribution >= 0.6 is 31.9 Å². The summed E-state index contributed by atoms with van der Waals surface area (Å²) in [5.41, 5.74) is 12.2. The molecule has 0 aliphatic rings. The second-order valence-electron chi connectivity index (χ2n) is 5.19. The average molecular weight is 470 g/mol. The number of nitrogens with two attached hydrogens (primary N) is 2. The van der Waals surface area contributed by atoms with Gasteiger partial charge in [0.25, 0.3) is 0 Å². The quantitative estimate of drug-likeness (QED) is 0.278. The number of nitrogen functional groups attached to an aromatic ring is 2. The molecule has 0 saturated carbocycles. The molecule has 132 valence electrons. The lowest BCUT2D eigenvalue weighted by atomic mass is 10.2. The molecule has 25 heavy (non-hydrogen) atoms. The van der Waals surface area contributed by atoms with Crippen molar-refractivity contribution in [1.29, 1.82) is 10.8 Å². The molecule has 0 spiro atoms. The second kappa shape index (κ2) is 8.35. The van der Waals surface area contributed by atoms with Crippen molar-refractivity contribution in [2.24, 2.45) is 11.5 Å². The highest BCUT2D eigenvalue weighted by Crippen LogP contribution is 2.30. The highest BCUT2D eigenvalue weighted by molar-refractivity contribution is 9.10. The van der Waals surface area contributed by atoms with Crippen LogP contribution in [0, 0.1) is 10.8 Å². The molecule has 0 radical (unpaired) electrons. The third-order valence-electron chi connectivity index (χ3n) is 3.34. The molecule has 0 aliphatic heterocycles. The lowest BCUT2D eigenvalue weighted by Gasteiger charge is -2.21. The molecule has 0 aromatic heterocycles. The number of nitrogens with one attached hydrogen (secondary N) is 2. The number of benzene rings is 2. The Labute approximate surface area is 162 Å². The van der Waals surface area contributed by atoms with Crippen LogP contribution in [-0.2, 0) is 0 Å². The third kappa shape index (κ3) is 4.96. The normalized spacial score (nSPS) is 11.6. The Morgan fingerprint density at radius 1 is 0.920 bits per heavy atom. The number of hydrogen-bond acceptors (Lipinski definition) is 4. The Morgan fingerprint density at radius 2 is 1.32 bits per heavy atom. The lowest BCUT2D eigenvalue weighted by molar-refractivity contribution is 0.00216. The maximum absolute atomic E-state index is 7.46. The van der Waals surface area contributed by atoms with Crippen LogP contribution < -0.4 is 20.9 Å². The van der Waals surface area contributed by atoms with Crippen LogP contribution in [0.5, 0.6) is 11.5 Å². The summed E-state index contributed by atoms with van der Waals surface area (Å²) in [7, 11) is 0. The smallest absolute Gasteiger partial charge is 0.241 e. The molecule has 8 heteroatoms. The van der Waals surface area contributed by atoms with E-state index in [1.54, 1.807) is 36.4 Å². The van der Waals surface area contributed by atoms with Crippen molar-refractivity contribution in [2.75, 3.05) is 0 Å². The van der Waals surface area contributed by atoms with Crippen LogP contribution in [0.3, 0.4) is 0 Å². The van der Waals surface area contributed by atoms with Gasteiger partial charge in [0.1, 0.15) is 23.2 Å². The minimum absolute atomic E-state index is 0.00923. The first-order valence-electron chi connectivity index (χ1n) is 7.43. The largest absolute Gasteiger partial charge is 0.454 e. The summed E-state index contributed by atoms with van der Waals surface area (Å²) in [6.45, 7) is 1.94. The van der Waals surface area contributed by atoms with Crippen LogP contribution in [0.1, 0.15) is 24.5 Å². The van der Waals surface area contributed by atoms with Crippen molar-refractivity contribution < 1.29 is 9.47 Å². The standard InChI is InChI=1S/C17H18Br2N4O2/c1-2-15(24-13-5-3-9(16(20)21)7-11(13)18)25-14-6-4-10(17(22)23)8-12(14)19/h3-8,15H,2H2,1H3,(H3,20,21)(H3,22,23). The summed E-state index contributed by atoms with van der Waals surface area (Å²) < 4.78 is 13.2. The molecule has 0 bridgehead atoms. The summed E-state index contributed by atoms with van der Waals surface area (Å²) in [6.07, 6.45) is 0.0980. The Bertz CT molecular complexity index is 746. The molecule has 6 N–H and O–H groups in total. The fraction of sp³-hybridized carbons (Fsp3) is 0.176. The van der Waals surface area contributed by atoms with E-state index in [1.807, 2.05) is 6.92 Å². The first kappa shape index (κ1) is 19.3. The van der Waals surface area contributed by atoms with E-state index in [0.29, 0.717) is 38.0 Å².